The second-order valence-electron chi connectivity index (χ2n) is 6.54. The van der Waals surface area contributed by atoms with Crippen molar-refractivity contribution in [3.8, 4) is 5.75 Å². The van der Waals surface area contributed by atoms with Crippen molar-refractivity contribution in [1.82, 2.24) is 0 Å². The summed E-state index contributed by atoms with van der Waals surface area (Å²) in [5.74, 6) is -0.628. The van der Waals surface area contributed by atoms with E-state index in [1.165, 1.54) is 0 Å². The van der Waals surface area contributed by atoms with Crippen LogP contribution in [-0.4, -0.2) is 37.7 Å². The predicted molar refractivity (Wildman–Crippen MR) is 109 cm³/mol. The van der Waals surface area contributed by atoms with Crippen molar-refractivity contribution in [3.63, 3.8) is 0 Å². The summed E-state index contributed by atoms with van der Waals surface area (Å²) in [5.41, 5.74) is 0.645. The van der Waals surface area contributed by atoms with Gasteiger partial charge in [0.05, 0.1) is 12.2 Å². The molecular weight excluding hydrogens is 394 g/mol. The van der Waals surface area contributed by atoms with Gasteiger partial charge in [-0.3, -0.25) is 4.79 Å². The Morgan fingerprint density at radius 3 is 2.45 bits per heavy atom. The summed E-state index contributed by atoms with van der Waals surface area (Å²) < 4.78 is 15.9. The van der Waals surface area contributed by atoms with Crippen LogP contribution < -0.4 is 10.1 Å². The fraction of sp³-hybridized carbons (Fsp3) is 0.381. The van der Waals surface area contributed by atoms with Gasteiger partial charge in [-0.25, -0.2) is 9.59 Å². The van der Waals surface area contributed by atoms with E-state index in [2.05, 4.69) is 5.32 Å². The summed E-state index contributed by atoms with van der Waals surface area (Å²) >= 11 is 1.03. The average Bonchev–Trinajstić information content (AvgIpc) is 3.51. The second-order valence-corrected chi connectivity index (χ2v) is 7.56. The second kappa shape index (κ2) is 9.56. The number of thiophene rings is 1. The molecule has 8 heteroatoms. The van der Waals surface area contributed by atoms with Crippen LogP contribution in [0, 0.1) is 12.8 Å². The van der Waals surface area contributed by atoms with E-state index in [1.807, 2.05) is 30.3 Å². The molecule has 0 aliphatic heterocycles. The van der Waals surface area contributed by atoms with E-state index in [0.717, 1.165) is 24.2 Å². The lowest BCUT2D eigenvalue weighted by Crippen LogP contribution is -2.16. The zero-order valence-corrected chi connectivity index (χ0v) is 17.2. The molecule has 0 saturated heterocycles. The minimum absolute atomic E-state index is 0.0296. The molecule has 0 atom stereocenters. The highest BCUT2D eigenvalue weighted by atomic mass is 32.1. The van der Waals surface area contributed by atoms with Gasteiger partial charge in [-0.1, -0.05) is 18.2 Å². The number of esters is 2. The third-order valence-electron chi connectivity index (χ3n) is 4.33. The fourth-order valence-electron chi connectivity index (χ4n) is 2.68. The number of carbonyl (C=O) groups excluding carboxylic acids is 3. The van der Waals surface area contributed by atoms with Crippen molar-refractivity contribution in [2.24, 2.45) is 5.92 Å². The number of para-hydroxylation sites is 1. The largest absolute Gasteiger partial charge is 0.490 e. The number of benzene rings is 1. The fourth-order valence-corrected chi connectivity index (χ4v) is 3.77. The van der Waals surface area contributed by atoms with E-state index < -0.39 is 11.9 Å². The predicted octanol–water partition coefficient (Wildman–Crippen LogP) is 3.82. The number of rotatable bonds is 9. The molecule has 1 saturated carbocycles. The lowest BCUT2D eigenvalue weighted by atomic mass is 10.1. The van der Waals surface area contributed by atoms with E-state index >= 15 is 0 Å². The van der Waals surface area contributed by atoms with Crippen molar-refractivity contribution >= 4 is 34.2 Å². The summed E-state index contributed by atoms with van der Waals surface area (Å²) in [6.45, 7) is 3.80. The topological polar surface area (TPSA) is 90.9 Å². The summed E-state index contributed by atoms with van der Waals surface area (Å²) in [4.78, 5) is 37.3. The number of carbonyl (C=O) groups is 3. The van der Waals surface area contributed by atoms with E-state index in [-0.39, 0.29) is 42.1 Å². The SMILES string of the molecule is CCOC(=O)c1c(NC(=O)C2CC2)sc(C(=O)OCCOc2ccccc2)c1C. The summed E-state index contributed by atoms with van der Waals surface area (Å²) in [6, 6.07) is 9.21. The molecule has 0 radical (unpaired) electrons. The van der Waals surface area contributed by atoms with Crippen LogP contribution in [0.5, 0.6) is 5.75 Å². The number of ether oxygens (including phenoxy) is 3. The van der Waals surface area contributed by atoms with Gasteiger partial charge in [-0.15, -0.1) is 11.3 Å². The maximum Gasteiger partial charge on any atom is 0.348 e. The molecule has 0 unspecified atom stereocenters. The van der Waals surface area contributed by atoms with E-state index in [0.29, 0.717) is 16.3 Å². The van der Waals surface area contributed by atoms with Crippen molar-refractivity contribution in [3.05, 3.63) is 46.3 Å². The van der Waals surface area contributed by atoms with Gasteiger partial charge < -0.3 is 19.5 Å². The van der Waals surface area contributed by atoms with E-state index in [9.17, 15) is 14.4 Å². The molecule has 0 spiro atoms. The van der Waals surface area contributed by atoms with Gasteiger partial charge in [0.2, 0.25) is 5.91 Å². The Morgan fingerprint density at radius 2 is 1.79 bits per heavy atom. The third-order valence-corrected chi connectivity index (χ3v) is 5.51. The highest BCUT2D eigenvalue weighted by Gasteiger charge is 2.33. The van der Waals surface area contributed by atoms with Gasteiger partial charge in [0.1, 0.15) is 28.8 Å². The number of amides is 1. The van der Waals surface area contributed by atoms with E-state index in [4.69, 9.17) is 14.2 Å². The molecule has 7 nitrogen and oxygen atoms in total. The molecule has 1 aromatic carbocycles. The molecule has 1 heterocycles. The highest BCUT2D eigenvalue weighted by molar-refractivity contribution is 7.18. The molecule has 1 aliphatic carbocycles. The Balaban J connectivity index is 1.67. The Bertz CT molecular complexity index is 888. The molecule has 2 aromatic rings. The smallest absolute Gasteiger partial charge is 0.348 e. The molecule has 1 aliphatic rings. The average molecular weight is 417 g/mol. The van der Waals surface area contributed by atoms with E-state index in [1.54, 1.807) is 13.8 Å². The highest BCUT2D eigenvalue weighted by Crippen LogP contribution is 2.37. The Morgan fingerprint density at radius 1 is 1.07 bits per heavy atom. The Labute approximate surface area is 173 Å². The number of hydrogen-bond acceptors (Lipinski definition) is 7. The van der Waals surface area contributed by atoms with Crippen molar-refractivity contribution in [2.45, 2.75) is 26.7 Å². The normalized spacial score (nSPS) is 12.9. The first kappa shape index (κ1) is 20.9. The molecular formula is C21H23NO6S. The Kier molecular flexibility index (Phi) is 6.87. The van der Waals surface area contributed by atoms with Crippen molar-refractivity contribution < 1.29 is 28.6 Å². The van der Waals surface area contributed by atoms with Crippen LogP contribution in [0.3, 0.4) is 0 Å². The van der Waals surface area contributed by atoms with Gasteiger partial charge >= 0.3 is 11.9 Å². The third kappa shape index (κ3) is 5.35. The molecule has 1 amide bonds. The number of nitrogens with one attached hydrogen (secondary N) is 1. The van der Waals surface area contributed by atoms with Gasteiger partial charge in [-0.2, -0.15) is 0 Å². The van der Waals surface area contributed by atoms with Crippen LogP contribution in [-0.2, 0) is 14.3 Å². The number of hydrogen-bond donors (Lipinski definition) is 1. The van der Waals surface area contributed by atoms with Crippen LogP contribution >= 0.6 is 11.3 Å². The molecule has 1 aromatic heterocycles. The van der Waals surface area contributed by atoms with Gasteiger partial charge in [0, 0.05) is 5.92 Å². The quantitative estimate of drug-likeness (QED) is 0.493. The van der Waals surface area contributed by atoms with Gasteiger partial charge in [-0.05, 0) is 44.4 Å². The van der Waals surface area contributed by atoms with Crippen LogP contribution in [0.15, 0.2) is 30.3 Å². The van der Waals surface area contributed by atoms with Crippen molar-refractivity contribution in [2.75, 3.05) is 25.1 Å². The molecule has 154 valence electrons. The monoisotopic (exact) mass is 417 g/mol. The Hall–Kier alpha value is -2.87. The van der Waals surface area contributed by atoms with Crippen LogP contribution in [0.2, 0.25) is 0 Å². The zero-order chi connectivity index (χ0) is 20.8. The molecule has 1 fully saturated rings. The van der Waals surface area contributed by atoms with Crippen LogP contribution in [0.1, 0.15) is 45.4 Å². The van der Waals surface area contributed by atoms with Gasteiger partial charge in [0.15, 0.2) is 0 Å². The lowest BCUT2D eigenvalue weighted by molar-refractivity contribution is -0.117. The van der Waals surface area contributed by atoms with Crippen LogP contribution in [0.4, 0.5) is 5.00 Å². The molecule has 1 N–H and O–H groups in total. The van der Waals surface area contributed by atoms with Crippen molar-refractivity contribution in [1.29, 1.82) is 0 Å². The number of anilines is 1. The first-order chi connectivity index (χ1) is 14.0. The standard InChI is InChI=1S/C21H23NO6S/c1-3-26-20(24)16-13(2)17(29-19(16)22-18(23)14-9-10-14)21(25)28-12-11-27-15-7-5-4-6-8-15/h4-8,14H,3,9-12H2,1-2H3,(H,22,23). The summed E-state index contributed by atoms with van der Waals surface area (Å²) in [7, 11) is 0. The maximum absolute atomic E-state index is 12.5. The lowest BCUT2D eigenvalue weighted by Gasteiger charge is -2.07. The van der Waals surface area contributed by atoms with Gasteiger partial charge in [0.25, 0.3) is 0 Å². The maximum atomic E-state index is 12.5. The first-order valence-electron chi connectivity index (χ1n) is 9.47. The molecule has 29 heavy (non-hydrogen) atoms. The zero-order valence-electron chi connectivity index (χ0n) is 16.4. The minimum Gasteiger partial charge on any atom is -0.490 e. The molecule has 3 rings (SSSR count). The van der Waals surface area contributed by atoms with Crippen LogP contribution in [0.25, 0.3) is 0 Å². The molecule has 0 bridgehead atoms. The first-order valence-corrected chi connectivity index (χ1v) is 10.3. The summed E-state index contributed by atoms with van der Waals surface area (Å²) in [6.07, 6.45) is 1.67. The minimum atomic E-state index is -0.571. The summed E-state index contributed by atoms with van der Waals surface area (Å²) in [5, 5.41) is 3.09.